The summed E-state index contributed by atoms with van der Waals surface area (Å²) < 4.78 is 0. The number of hydrogen-bond donors (Lipinski definition) is 1. The van der Waals surface area contributed by atoms with Crippen LogP contribution in [0.25, 0.3) is 0 Å². The van der Waals surface area contributed by atoms with Crippen LogP contribution in [-0.4, -0.2) is 49.2 Å². The van der Waals surface area contributed by atoms with Crippen LogP contribution in [0.5, 0.6) is 0 Å². The van der Waals surface area contributed by atoms with Crippen LogP contribution in [0, 0.1) is 0 Å². The predicted octanol–water partition coefficient (Wildman–Crippen LogP) is 2.13. The fourth-order valence-corrected chi connectivity index (χ4v) is 2.75. The van der Waals surface area contributed by atoms with Crippen molar-refractivity contribution in [3.63, 3.8) is 0 Å². The Hall–Kier alpha value is -0.840. The van der Waals surface area contributed by atoms with Gasteiger partial charge in [-0.2, -0.15) is 0 Å². The molecule has 1 N–H and O–H groups in total. The highest BCUT2D eigenvalue weighted by atomic mass is 35.5. The van der Waals surface area contributed by atoms with Crippen LogP contribution in [0.1, 0.15) is 25.0 Å². The second-order valence-electron chi connectivity index (χ2n) is 5.90. The second-order valence-corrected chi connectivity index (χ2v) is 6.30. The molecule has 1 aliphatic carbocycles. The lowest BCUT2D eigenvalue weighted by molar-refractivity contribution is 0.360. The van der Waals surface area contributed by atoms with Gasteiger partial charge in [0.15, 0.2) is 0 Å². The minimum atomic E-state index is 0.684. The molecule has 0 aromatic carbocycles. The minimum Gasteiger partial charge on any atom is -0.355 e. The Morgan fingerprint density at radius 2 is 2.10 bits per heavy atom. The first-order valence-electron chi connectivity index (χ1n) is 7.54. The third kappa shape index (κ3) is 3.62. The molecule has 20 heavy (non-hydrogen) atoms. The number of nitrogens with zero attached hydrogens (tertiary/aromatic N) is 3. The molecule has 0 spiro atoms. The molecular formula is C15H23ClN4. The van der Waals surface area contributed by atoms with Crippen LogP contribution in [0.15, 0.2) is 12.1 Å². The van der Waals surface area contributed by atoms with Gasteiger partial charge in [0.25, 0.3) is 0 Å². The van der Waals surface area contributed by atoms with Gasteiger partial charge in [0.2, 0.25) is 0 Å². The van der Waals surface area contributed by atoms with Gasteiger partial charge >= 0.3 is 0 Å². The van der Waals surface area contributed by atoms with E-state index in [0.29, 0.717) is 6.04 Å². The molecule has 0 radical (unpaired) electrons. The molecule has 1 saturated carbocycles. The highest BCUT2D eigenvalue weighted by molar-refractivity contribution is 6.31. The normalized spacial score (nSPS) is 21.0. The van der Waals surface area contributed by atoms with Gasteiger partial charge in [-0.05, 0) is 45.0 Å². The van der Waals surface area contributed by atoms with Crippen molar-refractivity contribution in [3.05, 3.63) is 22.8 Å². The summed E-state index contributed by atoms with van der Waals surface area (Å²) in [5.74, 6) is 1.07. The Kier molecular flexibility index (Phi) is 4.44. The Morgan fingerprint density at radius 3 is 2.90 bits per heavy atom. The molecule has 2 aliphatic rings. The summed E-state index contributed by atoms with van der Waals surface area (Å²) >= 11 is 6.27. The van der Waals surface area contributed by atoms with E-state index in [-0.39, 0.29) is 0 Å². The molecule has 5 heteroatoms. The Balaban J connectivity index is 1.69. The van der Waals surface area contributed by atoms with Crippen LogP contribution >= 0.6 is 11.6 Å². The minimum absolute atomic E-state index is 0.684. The number of likely N-dealkylation sites (N-methyl/N-ethyl adjacent to an activating group) is 1. The van der Waals surface area contributed by atoms with Gasteiger partial charge < -0.3 is 15.1 Å². The van der Waals surface area contributed by atoms with Gasteiger partial charge in [0.1, 0.15) is 5.82 Å². The summed E-state index contributed by atoms with van der Waals surface area (Å²) in [5.41, 5.74) is 0.980. The largest absolute Gasteiger partial charge is 0.355 e. The first kappa shape index (κ1) is 14.1. The summed E-state index contributed by atoms with van der Waals surface area (Å²) in [6, 6.07) is 4.72. The average Bonchev–Trinajstić information content (AvgIpc) is 3.26. The SMILES string of the molecule is CN1CCCN(c2ccc(Cl)c(CNC3CC3)n2)CC1. The zero-order chi connectivity index (χ0) is 13.9. The zero-order valence-electron chi connectivity index (χ0n) is 12.1. The smallest absolute Gasteiger partial charge is 0.129 e. The number of anilines is 1. The molecule has 0 atom stereocenters. The predicted molar refractivity (Wildman–Crippen MR) is 83.4 cm³/mol. The van der Waals surface area contributed by atoms with E-state index in [4.69, 9.17) is 16.6 Å². The number of rotatable bonds is 4. The molecule has 2 fully saturated rings. The molecule has 3 rings (SSSR count). The maximum atomic E-state index is 6.27. The van der Waals surface area contributed by atoms with E-state index in [1.807, 2.05) is 12.1 Å². The zero-order valence-corrected chi connectivity index (χ0v) is 12.9. The summed E-state index contributed by atoms with van der Waals surface area (Å²) in [4.78, 5) is 9.53. The van der Waals surface area contributed by atoms with Gasteiger partial charge in [0.05, 0.1) is 10.7 Å². The molecule has 4 nitrogen and oxygen atoms in total. The first-order valence-corrected chi connectivity index (χ1v) is 7.92. The van der Waals surface area contributed by atoms with Gasteiger partial charge in [0, 0.05) is 32.2 Å². The monoisotopic (exact) mass is 294 g/mol. The fraction of sp³-hybridized carbons (Fsp3) is 0.667. The van der Waals surface area contributed by atoms with Crippen molar-refractivity contribution < 1.29 is 0 Å². The molecule has 1 saturated heterocycles. The van der Waals surface area contributed by atoms with Crippen molar-refractivity contribution in [3.8, 4) is 0 Å². The number of hydrogen-bond acceptors (Lipinski definition) is 4. The van der Waals surface area contributed by atoms with E-state index in [0.717, 1.165) is 42.7 Å². The molecule has 1 aromatic heterocycles. The van der Waals surface area contributed by atoms with Crippen LogP contribution in [-0.2, 0) is 6.54 Å². The van der Waals surface area contributed by atoms with Gasteiger partial charge in [-0.3, -0.25) is 0 Å². The number of halogens is 1. The van der Waals surface area contributed by atoms with Crippen molar-refractivity contribution in [2.24, 2.45) is 0 Å². The Bertz CT molecular complexity index is 461. The summed E-state index contributed by atoms with van der Waals surface area (Å²) in [5, 5.41) is 4.26. The molecule has 0 amide bonds. The lowest BCUT2D eigenvalue weighted by Crippen LogP contribution is -2.29. The Morgan fingerprint density at radius 1 is 1.25 bits per heavy atom. The molecule has 2 heterocycles. The van der Waals surface area contributed by atoms with Gasteiger partial charge in [-0.1, -0.05) is 11.6 Å². The summed E-state index contributed by atoms with van der Waals surface area (Å²) in [6.45, 7) is 5.17. The number of aromatic nitrogens is 1. The van der Waals surface area contributed by atoms with E-state index in [9.17, 15) is 0 Å². The third-order valence-corrected chi connectivity index (χ3v) is 4.43. The summed E-state index contributed by atoms with van der Waals surface area (Å²) in [6.07, 6.45) is 3.77. The van der Waals surface area contributed by atoms with Crippen molar-refractivity contribution in [2.45, 2.75) is 31.8 Å². The van der Waals surface area contributed by atoms with Crippen LogP contribution < -0.4 is 10.2 Å². The quantitative estimate of drug-likeness (QED) is 0.922. The van der Waals surface area contributed by atoms with Crippen molar-refractivity contribution in [1.29, 1.82) is 0 Å². The highest BCUT2D eigenvalue weighted by Gasteiger charge is 2.21. The second kappa shape index (κ2) is 6.29. The van der Waals surface area contributed by atoms with Gasteiger partial charge in [-0.15, -0.1) is 0 Å². The number of pyridine rings is 1. The average molecular weight is 295 g/mol. The summed E-state index contributed by atoms with van der Waals surface area (Å²) in [7, 11) is 2.18. The maximum Gasteiger partial charge on any atom is 0.129 e. The van der Waals surface area contributed by atoms with Crippen molar-refractivity contribution in [2.75, 3.05) is 38.1 Å². The fourth-order valence-electron chi connectivity index (χ4n) is 2.58. The van der Waals surface area contributed by atoms with Crippen LogP contribution in [0.4, 0.5) is 5.82 Å². The van der Waals surface area contributed by atoms with Crippen LogP contribution in [0.3, 0.4) is 0 Å². The molecule has 1 aliphatic heterocycles. The molecule has 1 aromatic rings. The van der Waals surface area contributed by atoms with Crippen molar-refractivity contribution in [1.82, 2.24) is 15.2 Å². The van der Waals surface area contributed by atoms with E-state index < -0.39 is 0 Å². The topological polar surface area (TPSA) is 31.4 Å². The molecule has 0 bridgehead atoms. The molecular weight excluding hydrogens is 272 g/mol. The van der Waals surface area contributed by atoms with E-state index in [1.165, 1.54) is 25.8 Å². The number of nitrogens with one attached hydrogen (secondary N) is 1. The van der Waals surface area contributed by atoms with Crippen molar-refractivity contribution >= 4 is 17.4 Å². The van der Waals surface area contributed by atoms with Gasteiger partial charge in [-0.25, -0.2) is 4.98 Å². The van der Waals surface area contributed by atoms with E-state index in [1.54, 1.807) is 0 Å². The standard InChI is InChI=1S/C15H23ClN4/c1-19-7-2-8-20(10-9-19)15-6-5-13(16)14(18-15)11-17-12-3-4-12/h5-6,12,17H,2-4,7-11H2,1H3. The highest BCUT2D eigenvalue weighted by Crippen LogP contribution is 2.23. The molecule has 0 unspecified atom stereocenters. The third-order valence-electron chi connectivity index (χ3n) is 4.08. The molecule has 110 valence electrons. The first-order chi connectivity index (χ1) is 9.72. The lowest BCUT2D eigenvalue weighted by Gasteiger charge is -2.22. The maximum absolute atomic E-state index is 6.27. The van der Waals surface area contributed by atoms with E-state index in [2.05, 4.69) is 22.2 Å². The Labute approximate surface area is 126 Å². The van der Waals surface area contributed by atoms with Crippen LogP contribution in [0.2, 0.25) is 5.02 Å². The van der Waals surface area contributed by atoms with E-state index >= 15 is 0 Å². The lowest BCUT2D eigenvalue weighted by atomic mass is 10.3.